The van der Waals surface area contributed by atoms with Crippen LogP contribution in [0, 0.1) is 0 Å². The second-order valence-electron chi connectivity index (χ2n) is 3.08. The predicted octanol–water partition coefficient (Wildman–Crippen LogP) is 0.708. The summed E-state index contributed by atoms with van der Waals surface area (Å²) in [5, 5.41) is 13.3. The summed E-state index contributed by atoms with van der Waals surface area (Å²) in [6, 6.07) is -0.501. The minimum Gasteiger partial charge on any atom is -0.480 e. The zero-order valence-corrected chi connectivity index (χ0v) is 10.1. The molecule has 0 spiro atoms. The second kappa shape index (κ2) is 6.81. The monoisotopic (exact) mass is 259 g/mol. The highest BCUT2D eigenvalue weighted by molar-refractivity contribution is 7.13. The molecule has 7 nitrogen and oxygen atoms in total. The van der Waals surface area contributed by atoms with Crippen molar-refractivity contribution < 1.29 is 19.4 Å². The molecule has 0 aliphatic carbocycles. The number of hydrogen-bond donors (Lipinski definition) is 2. The molecule has 1 aromatic rings. The van der Waals surface area contributed by atoms with Gasteiger partial charge in [-0.05, 0) is 0 Å². The molecule has 8 heteroatoms. The van der Waals surface area contributed by atoms with Crippen LogP contribution in [0.15, 0.2) is 11.6 Å². The van der Waals surface area contributed by atoms with E-state index in [-0.39, 0.29) is 19.7 Å². The molecule has 1 aromatic heterocycles. The average Bonchev–Trinajstić information content (AvgIpc) is 2.76. The largest absolute Gasteiger partial charge is 0.480 e. The Morgan fingerprint density at radius 2 is 2.41 bits per heavy atom. The van der Waals surface area contributed by atoms with Gasteiger partial charge >= 0.3 is 12.0 Å². The summed E-state index contributed by atoms with van der Waals surface area (Å²) in [5.41, 5.74) is 0. The van der Waals surface area contributed by atoms with Crippen LogP contribution in [0.25, 0.3) is 0 Å². The minimum absolute atomic E-state index is 0.208. The van der Waals surface area contributed by atoms with Gasteiger partial charge in [-0.15, -0.1) is 11.3 Å². The van der Waals surface area contributed by atoms with E-state index in [9.17, 15) is 9.59 Å². The van der Waals surface area contributed by atoms with Crippen LogP contribution >= 0.6 is 11.3 Å². The Morgan fingerprint density at radius 1 is 1.65 bits per heavy atom. The van der Waals surface area contributed by atoms with E-state index >= 15 is 0 Å². The van der Waals surface area contributed by atoms with Gasteiger partial charge in [-0.2, -0.15) is 0 Å². The number of nitrogens with one attached hydrogen (secondary N) is 1. The average molecular weight is 259 g/mol. The maximum absolute atomic E-state index is 11.7. The van der Waals surface area contributed by atoms with Gasteiger partial charge in [0.1, 0.15) is 6.54 Å². The molecular formula is C9H13N3O4S. The van der Waals surface area contributed by atoms with Crippen LogP contribution in [0.4, 0.5) is 9.93 Å². The summed E-state index contributed by atoms with van der Waals surface area (Å²) in [6.45, 7) is 0.110. The molecule has 0 radical (unpaired) electrons. The van der Waals surface area contributed by atoms with Crippen molar-refractivity contribution in [2.75, 3.05) is 32.1 Å². The van der Waals surface area contributed by atoms with E-state index in [0.717, 1.165) is 4.90 Å². The summed E-state index contributed by atoms with van der Waals surface area (Å²) in [6.07, 6.45) is 1.55. The van der Waals surface area contributed by atoms with Gasteiger partial charge < -0.3 is 14.7 Å². The van der Waals surface area contributed by atoms with Gasteiger partial charge in [-0.1, -0.05) is 0 Å². The van der Waals surface area contributed by atoms with E-state index in [1.807, 2.05) is 0 Å². The quantitative estimate of drug-likeness (QED) is 0.785. The molecule has 1 rings (SSSR count). The topological polar surface area (TPSA) is 91.8 Å². The molecule has 0 fully saturated rings. The van der Waals surface area contributed by atoms with E-state index in [4.69, 9.17) is 9.84 Å². The minimum atomic E-state index is -1.07. The van der Waals surface area contributed by atoms with Gasteiger partial charge in [0.25, 0.3) is 0 Å². The van der Waals surface area contributed by atoms with Crippen molar-refractivity contribution in [2.45, 2.75) is 0 Å². The maximum atomic E-state index is 11.7. The number of carboxylic acids is 1. The molecule has 0 bridgehead atoms. The molecule has 94 valence electrons. The SMILES string of the molecule is COCCN(CC(=O)O)C(=O)Nc1nccs1. The standard InChI is InChI=1S/C9H13N3O4S/c1-16-4-3-12(6-7(13)14)9(15)11-8-10-2-5-17-8/h2,5H,3-4,6H2,1H3,(H,13,14)(H,10,11,15). The molecule has 0 unspecified atom stereocenters. The highest BCUT2D eigenvalue weighted by Crippen LogP contribution is 2.11. The molecule has 0 aliphatic rings. The summed E-state index contributed by atoms with van der Waals surface area (Å²) in [4.78, 5) is 27.3. The first-order valence-corrected chi connectivity index (χ1v) is 5.67. The number of thiazole rings is 1. The Balaban J connectivity index is 2.55. The Morgan fingerprint density at radius 3 is 2.94 bits per heavy atom. The van der Waals surface area contributed by atoms with Crippen molar-refractivity contribution >= 4 is 28.5 Å². The van der Waals surface area contributed by atoms with Gasteiger partial charge in [0.2, 0.25) is 0 Å². The van der Waals surface area contributed by atoms with Crippen LogP contribution in [0.5, 0.6) is 0 Å². The van der Waals surface area contributed by atoms with Crippen LogP contribution < -0.4 is 5.32 Å². The first kappa shape index (κ1) is 13.4. The van der Waals surface area contributed by atoms with Crippen molar-refractivity contribution in [1.82, 2.24) is 9.88 Å². The highest BCUT2D eigenvalue weighted by atomic mass is 32.1. The first-order valence-electron chi connectivity index (χ1n) is 4.79. The number of amides is 2. The van der Waals surface area contributed by atoms with E-state index in [1.54, 1.807) is 11.6 Å². The Labute approximate surface area is 102 Å². The zero-order valence-electron chi connectivity index (χ0n) is 9.25. The Bertz CT molecular complexity index is 368. The van der Waals surface area contributed by atoms with E-state index < -0.39 is 12.0 Å². The van der Waals surface area contributed by atoms with Gasteiger partial charge in [0.05, 0.1) is 6.61 Å². The predicted molar refractivity (Wildman–Crippen MR) is 62.2 cm³/mol. The first-order chi connectivity index (χ1) is 8.13. The van der Waals surface area contributed by atoms with Gasteiger partial charge in [0, 0.05) is 25.2 Å². The number of carbonyl (C=O) groups is 2. The van der Waals surface area contributed by atoms with Crippen molar-refractivity contribution in [3.05, 3.63) is 11.6 Å². The van der Waals surface area contributed by atoms with E-state index in [0.29, 0.717) is 5.13 Å². The third-order valence-corrected chi connectivity index (χ3v) is 2.51. The number of ether oxygens (including phenoxy) is 1. The highest BCUT2D eigenvalue weighted by Gasteiger charge is 2.17. The lowest BCUT2D eigenvalue weighted by molar-refractivity contribution is -0.137. The third-order valence-electron chi connectivity index (χ3n) is 1.82. The molecule has 0 saturated carbocycles. The van der Waals surface area contributed by atoms with Crippen LogP contribution in [0.2, 0.25) is 0 Å². The number of anilines is 1. The van der Waals surface area contributed by atoms with E-state index in [1.165, 1.54) is 18.4 Å². The van der Waals surface area contributed by atoms with Gasteiger partial charge in [-0.25, -0.2) is 9.78 Å². The molecule has 1 heterocycles. The fraction of sp³-hybridized carbons (Fsp3) is 0.444. The fourth-order valence-corrected chi connectivity index (χ4v) is 1.59. The number of hydrogen-bond acceptors (Lipinski definition) is 5. The van der Waals surface area contributed by atoms with Crippen molar-refractivity contribution in [3.63, 3.8) is 0 Å². The molecule has 2 amide bonds. The number of aromatic nitrogens is 1. The van der Waals surface area contributed by atoms with Crippen LogP contribution in [-0.2, 0) is 9.53 Å². The number of methoxy groups -OCH3 is 1. The molecule has 0 atom stereocenters. The van der Waals surface area contributed by atoms with Crippen LogP contribution in [0.3, 0.4) is 0 Å². The number of aliphatic carboxylic acids is 1. The fourth-order valence-electron chi connectivity index (χ4n) is 1.07. The third kappa shape index (κ3) is 4.79. The van der Waals surface area contributed by atoms with Gasteiger partial charge in [0.15, 0.2) is 5.13 Å². The second-order valence-corrected chi connectivity index (χ2v) is 3.97. The van der Waals surface area contributed by atoms with Crippen LogP contribution in [-0.4, -0.2) is 53.8 Å². The molecule has 0 saturated heterocycles. The van der Waals surface area contributed by atoms with Crippen molar-refractivity contribution in [2.24, 2.45) is 0 Å². The number of nitrogens with zero attached hydrogens (tertiary/aromatic N) is 2. The molecule has 0 aliphatic heterocycles. The summed E-state index contributed by atoms with van der Waals surface area (Å²) in [7, 11) is 1.48. The number of carbonyl (C=O) groups excluding carboxylic acids is 1. The number of carboxylic acid groups (broad SMARTS) is 1. The normalized spacial score (nSPS) is 9.94. The summed E-state index contributed by atoms with van der Waals surface area (Å²) in [5.74, 6) is -1.07. The molecule has 2 N–H and O–H groups in total. The lowest BCUT2D eigenvalue weighted by Crippen LogP contribution is -2.40. The maximum Gasteiger partial charge on any atom is 0.324 e. The van der Waals surface area contributed by atoms with Gasteiger partial charge in [-0.3, -0.25) is 10.1 Å². The molecule has 0 aromatic carbocycles. The zero-order chi connectivity index (χ0) is 12.7. The lowest BCUT2D eigenvalue weighted by atomic mass is 10.5. The van der Waals surface area contributed by atoms with Crippen LogP contribution in [0.1, 0.15) is 0 Å². The Hall–Kier alpha value is -1.67. The number of rotatable bonds is 6. The molecule has 17 heavy (non-hydrogen) atoms. The van der Waals surface area contributed by atoms with Crippen molar-refractivity contribution in [1.29, 1.82) is 0 Å². The summed E-state index contributed by atoms with van der Waals surface area (Å²) >= 11 is 1.26. The molecular weight excluding hydrogens is 246 g/mol. The Kier molecular flexibility index (Phi) is 5.37. The lowest BCUT2D eigenvalue weighted by Gasteiger charge is -2.19. The summed E-state index contributed by atoms with van der Waals surface area (Å²) < 4.78 is 4.81. The van der Waals surface area contributed by atoms with E-state index in [2.05, 4.69) is 10.3 Å². The van der Waals surface area contributed by atoms with Crippen molar-refractivity contribution in [3.8, 4) is 0 Å². The number of urea groups is 1. The smallest absolute Gasteiger partial charge is 0.324 e.